The maximum Gasteiger partial charge on any atom is 0.286 e. The molecule has 2 aliphatic rings. The maximum atomic E-state index is 13.5. The van der Waals surface area contributed by atoms with Crippen LogP contribution in [0.2, 0.25) is 0 Å². The van der Waals surface area contributed by atoms with Crippen molar-refractivity contribution in [2.75, 3.05) is 0 Å². The van der Waals surface area contributed by atoms with Crippen LogP contribution in [0.4, 0.5) is 0 Å². The topological polar surface area (TPSA) is 45.6 Å². The Morgan fingerprint density at radius 2 is 1.83 bits per heavy atom. The predicted molar refractivity (Wildman–Crippen MR) is 121 cm³/mol. The number of allylic oxidation sites excluding steroid dienone is 1. The number of benzene rings is 2. The molecule has 2 heterocycles. The molecular formula is C25H23N3OS. The Labute approximate surface area is 180 Å². The van der Waals surface area contributed by atoms with Crippen LogP contribution in [0.1, 0.15) is 51.8 Å². The molecule has 5 heteroatoms. The summed E-state index contributed by atoms with van der Waals surface area (Å²) in [6, 6.07) is 20.6. The standard InChI is InChI=1S/C25H23N3OS/c1-17-24(30-16-26-17)25(29)28-23(19-11-6-3-7-12-19)21-14-8-13-20(22(21)27-28)15-18-9-4-2-5-10-18/h2-7,9-12,15-16,21,23H,8,13-14H2,1H3/b20-15+/t21-,23-/m0/s1. The molecule has 0 unspecified atom stereocenters. The van der Waals surface area contributed by atoms with E-state index < -0.39 is 0 Å². The molecule has 1 fully saturated rings. The Morgan fingerprint density at radius 3 is 2.53 bits per heavy atom. The van der Waals surface area contributed by atoms with Crippen molar-refractivity contribution in [1.29, 1.82) is 0 Å². The van der Waals surface area contributed by atoms with E-state index in [1.54, 1.807) is 10.5 Å². The van der Waals surface area contributed by atoms with Crippen molar-refractivity contribution < 1.29 is 4.79 Å². The molecule has 1 aliphatic heterocycles. The number of aryl methyl sites for hydroxylation is 1. The molecule has 1 aromatic heterocycles. The van der Waals surface area contributed by atoms with Crippen molar-refractivity contribution >= 4 is 29.0 Å². The quantitative estimate of drug-likeness (QED) is 0.537. The number of hydrogen-bond acceptors (Lipinski definition) is 4. The van der Waals surface area contributed by atoms with E-state index in [9.17, 15) is 4.79 Å². The number of hydrazone groups is 1. The summed E-state index contributed by atoms with van der Waals surface area (Å²) in [5, 5.41) is 6.68. The van der Waals surface area contributed by atoms with Gasteiger partial charge in [0, 0.05) is 5.92 Å². The average Bonchev–Trinajstić information content (AvgIpc) is 3.39. The average molecular weight is 414 g/mol. The highest BCUT2D eigenvalue weighted by molar-refractivity contribution is 7.11. The molecule has 3 aromatic rings. The Hall–Kier alpha value is -3.05. The molecule has 2 atom stereocenters. The number of carbonyl (C=O) groups is 1. The zero-order valence-corrected chi connectivity index (χ0v) is 17.7. The van der Waals surface area contributed by atoms with Gasteiger partial charge in [-0.2, -0.15) is 5.10 Å². The fourth-order valence-corrected chi connectivity index (χ4v) is 5.25. The normalized spacial score (nSPS) is 22.1. The van der Waals surface area contributed by atoms with Gasteiger partial charge in [0.05, 0.1) is 23.0 Å². The Morgan fingerprint density at radius 1 is 1.10 bits per heavy atom. The van der Waals surface area contributed by atoms with Crippen molar-refractivity contribution in [2.24, 2.45) is 11.0 Å². The summed E-state index contributed by atoms with van der Waals surface area (Å²) in [6.07, 6.45) is 5.37. The summed E-state index contributed by atoms with van der Waals surface area (Å²) in [5.74, 6) is 0.165. The summed E-state index contributed by atoms with van der Waals surface area (Å²) in [6.45, 7) is 1.89. The monoisotopic (exact) mass is 413 g/mol. The number of amides is 1. The summed E-state index contributed by atoms with van der Waals surface area (Å²) < 4.78 is 0. The largest absolute Gasteiger partial charge is 0.286 e. The lowest BCUT2D eigenvalue weighted by atomic mass is 9.77. The fourth-order valence-electron chi connectivity index (χ4n) is 4.51. The van der Waals surface area contributed by atoms with Crippen LogP contribution >= 0.6 is 11.3 Å². The van der Waals surface area contributed by atoms with Gasteiger partial charge < -0.3 is 0 Å². The van der Waals surface area contributed by atoms with Crippen molar-refractivity contribution in [1.82, 2.24) is 9.99 Å². The minimum Gasteiger partial charge on any atom is -0.266 e. The van der Waals surface area contributed by atoms with E-state index in [0.717, 1.165) is 36.2 Å². The van der Waals surface area contributed by atoms with Gasteiger partial charge in [-0.15, -0.1) is 11.3 Å². The third-order valence-corrected chi connectivity index (χ3v) is 6.85. The lowest BCUT2D eigenvalue weighted by Gasteiger charge is -2.29. The molecule has 0 bridgehead atoms. The molecule has 0 spiro atoms. The Kier molecular flexibility index (Phi) is 5.05. The van der Waals surface area contributed by atoms with E-state index in [-0.39, 0.29) is 17.9 Å². The van der Waals surface area contributed by atoms with Crippen LogP contribution in [-0.4, -0.2) is 21.6 Å². The highest BCUT2D eigenvalue weighted by atomic mass is 32.1. The number of rotatable bonds is 3. The highest BCUT2D eigenvalue weighted by Crippen LogP contribution is 2.45. The first-order valence-corrected chi connectivity index (χ1v) is 11.2. The van der Waals surface area contributed by atoms with Crippen molar-refractivity contribution in [2.45, 2.75) is 32.2 Å². The number of thiazole rings is 1. The van der Waals surface area contributed by atoms with E-state index in [4.69, 9.17) is 5.10 Å². The lowest BCUT2D eigenvalue weighted by Crippen LogP contribution is -2.31. The summed E-state index contributed by atoms with van der Waals surface area (Å²) in [4.78, 5) is 18.4. The molecule has 5 rings (SSSR count). The number of hydrogen-bond donors (Lipinski definition) is 0. The number of aromatic nitrogens is 1. The van der Waals surface area contributed by atoms with Crippen LogP contribution < -0.4 is 0 Å². The first kappa shape index (κ1) is 18.9. The summed E-state index contributed by atoms with van der Waals surface area (Å²) >= 11 is 1.39. The molecule has 1 amide bonds. The van der Waals surface area contributed by atoms with Gasteiger partial charge in [0.1, 0.15) is 4.88 Å². The van der Waals surface area contributed by atoms with Crippen molar-refractivity contribution in [3.8, 4) is 0 Å². The van der Waals surface area contributed by atoms with Gasteiger partial charge in [-0.1, -0.05) is 60.7 Å². The van der Waals surface area contributed by atoms with E-state index >= 15 is 0 Å². The van der Waals surface area contributed by atoms with Crippen LogP contribution in [-0.2, 0) is 0 Å². The Balaban J connectivity index is 1.59. The zero-order chi connectivity index (χ0) is 20.5. The molecule has 2 aromatic carbocycles. The third kappa shape index (κ3) is 3.39. The van der Waals surface area contributed by atoms with Gasteiger partial charge in [0.25, 0.3) is 5.91 Å². The van der Waals surface area contributed by atoms with E-state index in [0.29, 0.717) is 4.88 Å². The highest BCUT2D eigenvalue weighted by Gasteiger charge is 2.44. The Bertz CT molecular complexity index is 1120. The molecular weight excluding hydrogens is 390 g/mol. The smallest absolute Gasteiger partial charge is 0.266 e. The van der Waals surface area contributed by atoms with Gasteiger partial charge >= 0.3 is 0 Å². The van der Waals surface area contributed by atoms with Crippen LogP contribution in [0.25, 0.3) is 6.08 Å². The first-order chi connectivity index (χ1) is 14.7. The molecule has 1 saturated carbocycles. The minimum atomic E-state index is -0.0744. The third-order valence-electron chi connectivity index (χ3n) is 5.93. The maximum absolute atomic E-state index is 13.5. The van der Waals surface area contributed by atoms with E-state index in [1.165, 1.54) is 22.5 Å². The second kappa shape index (κ2) is 8.00. The molecule has 0 saturated heterocycles. The van der Waals surface area contributed by atoms with Crippen molar-refractivity contribution in [3.63, 3.8) is 0 Å². The van der Waals surface area contributed by atoms with Gasteiger partial charge in [0.15, 0.2) is 0 Å². The minimum absolute atomic E-state index is 0.0511. The zero-order valence-electron chi connectivity index (χ0n) is 16.9. The van der Waals surface area contributed by atoms with Gasteiger partial charge in [-0.25, -0.2) is 9.99 Å². The van der Waals surface area contributed by atoms with Crippen LogP contribution in [0.5, 0.6) is 0 Å². The summed E-state index contributed by atoms with van der Waals surface area (Å²) in [5.41, 5.74) is 7.13. The van der Waals surface area contributed by atoms with E-state index in [1.807, 2.05) is 31.2 Å². The summed E-state index contributed by atoms with van der Waals surface area (Å²) in [7, 11) is 0. The molecule has 4 nitrogen and oxygen atoms in total. The van der Waals surface area contributed by atoms with Gasteiger partial charge in [-0.05, 0) is 49.0 Å². The van der Waals surface area contributed by atoms with Crippen LogP contribution in [0.3, 0.4) is 0 Å². The second-order valence-corrected chi connectivity index (χ2v) is 8.69. The fraction of sp³-hybridized carbons (Fsp3) is 0.240. The molecule has 0 radical (unpaired) electrons. The van der Waals surface area contributed by atoms with Crippen LogP contribution in [0, 0.1) is 12.8 Å². The second-order valence-electron chi connectivity index (χ2n) is 7.84. The van der Waals surface area contributed by atoms with Crippen LogP contribution in [0.15, 0.2) is 76.8 Å². The number of fused-ring (bicyclic) bond motifs is 1. The molecule has 150 valence electrons. The molecule has 1 aliphatic carbocycles. The van der Waals surface area contributed by atoms with Gasteiger partial charge in [-0.3, -0.25) is 4.79 Å². The lowest BCUT2D eigenvalue weighted by molar-refractivity contribution is 0.0685. The van der Waals surface area contributed by atoms with Crippen molar-refractivity contribution in [3.05, 3.63) is 93.4 Å². The first-order valence-electron chi connectivity index (χ1n) is 10.4. The van der Waals surface area contributed by atoms with E-state index in [2.05, 4.69) is 47.5 Å². The number of nitrogens with zero attached hydrogens (tertiary/aromatic N) is 3. The SMILES string of the molecule is Cc1ncsc1C(=O)N1N=C2/C(=C/c3ccccc3)CCC[C@@H]2[C@@H]1c1ccccc1. The van der Waals surface area contributed by atoms with Gasteiger partial charge in [0.2, 0.25) is 0 Å². The molecule has 30 heavy (non-hydrogen) atoms. The number of carbonyl (C=O) groups excluding carboxylic acids is 1. The predicted octanol–water partition coefficient (Wildman–Crippen LogP) is 5.89. The molecule has 0 N–H and O–H groups in total.